The van der Waals surface area contributed by atoms with E-state index in [0.29, 0.717) is 31.2 Å². The van der Waals surface area contributed by atoms with Crippen LogP contribution >= 0.6 is 0 Å². The molecule has 5 nitrogen and oxygen atoms in total. The van der Waals surface area contributed by atoms with E-state index in [1.54, 1.807) is 17.0 Å². The second-order valence-electron chi connectivity index (χ2n) is 7.45. The molecule has 0 spiro atoms. The molecule has 0 unspecified atom stereocenters. The molecule has 0 aliphatic carbocycles. The number of amides is 1. The Balaban J connectivity index is 1.41. The van der Waals surface area contributed by atoms with Gasteiger partial charge in [0.05, 0.1) is 13.2 Å². The molecule has 1 amide bonds. The minimum Gasteiger partial charge on any atom is -0.494 e. The number of hydrogen-bond acceptors (Lipinski definition) is 4. The third-order valence-electron chi connectivity index (χ3n) is 5.48. The lowest BCUT2D eigenvalue weighted by Crippen LogP contribution is -2.39. The molecule has 1 aromatic carbocycles. The van der Waals surface area contributed by atoms with Crippen LogP contribution in [0.25, 0.3) is 0 Å². The number of rotatable bonds is 8. The van der Waals surface area contributed by atoms with Crippen molar-refractivity contribution in [3.8, 4) is 5.75 Å². The van der Waals surface area contributed by atoms with Gasteiger partial charge in [-0.2, -0.15) is 0 Å². The molecule has 0 aromatic heterocycles. The molecule has 0 saturated carbocycles. The number of ether oxygens (including phenoxy) is 1. The van der Waals surface area contributed by atoms with Crippen LogP contribution in [-0.2, 0) is 4.79 Å². The van der Waals surface area contributed by atoms with Gasteiger partial charge in [-0.15, -0.1) is 0 Å². The van der Waals surface area contributed by atoms with Gasteiger partial charge in [0.15, 0.2) is 5.78 Å². The number of benzene rings is 1. The molecule has 2 aliphatic heterocycles. The van der Waals surface area contributed by atoms with Gasteiger partial charge in [0.1, 0.15) is 5.75 Å². The predicted octanol–water partition coefficient (Wildman–Crippen LogP) is 3.14. The largest absolute Gasteiger partial charge is 0.494 e. The average Bonchev–Trinajstić information content (AvgIpc) is 3.06. The Morgan fingerprint density at radius 2 is 1.96 bits per heavy atom. The fraction of sp³-hybridized carbons (Fsp3) is 0.619. The van der Waals surface area contributed by atoms with Gasteiger partial charge in [-0.05, 0) is 69.8 Å². The molecule has 2 saturated heterocycles. The Hall–Kier alpha value is -1.88. The van der Waals surface area contributed by atoms with E-state index >= 15 is 0 Å². The first-order valence-corrected chi connectivity index (χ1v) is 9.91. The number of Topliss-reactive ketones (excluding diaryl/α,β-unsaturated/α-hetero) is 1. The van der Waals surface area contributed by atoms with Crippen molar-refractivity contribution >= 4 is 11.7 Å². The molecule has 2 aliphatic rings. The van der Waals surface area contributed by atoms with Crippen molar-refractivity contribution in [1.82, 2.24) is 9.80 Å². The molecule has 3 rings (SSSR count). The lowest BCUT2D eigenvalue weighted by atomic mass is 10.1. The summed E-state index contributed by atoms with van der Waals surface area (Å²) < 4.78 is 5.80. The first-order valence-electron chi connectivity index (χ1n) is 9.91. The van der Waals surface area contributed by atoms with Crippen LogP contribution in [0.2, 0.25) is 0 Å². The lowest BCUT2D eigenvalue weighted by molar-refractivity contribution is -0.132. The van der Waals surface area contributed by atoms with Gasteiger partial charge in [0.2, 0.25) is 5.91 Å². The number of ketones is 1. The summed E-state index contributed by atoms with van der Waals surface area (Å²) in [4.78, 5) is 28.4. The Morgan fingerprint density at radius 3 is 2.65 bits per heavy atom. The monoisotopic (exact) mass is 358 g/mol. The van der Waals surface area contributed by atoms with Crippen LogP contribution in [0.5, 0.6) is 5.75 Å². The molecule has 0 N–H and O–H groups in total. The number of likely N-dealkylation sites (tertiary alicyclic amines) is 2. The fourth-order valence-corrected chi connectivity index (χ4v) is 3.81. The molecular weight excluding hydrogens is 328 g/mol. The summed E-state index contributed by atoms with van der Waals surface area (Å²) in [6.07, 6.45) is 6.12. The number of carbonyl (C=O) groups excluding carboxylic acids is 2. The Bertz CT molecular complexity index is 614. The summed E-state index contributed by atoms with van der Waals surface area (Å²) in [5.74, 6) is 0.886. The van der Waals surface area contributed by atoms with E-state index in [1.807, 2.05) is 12.1 Å². The standard InChI is InChI=1S/C21H30N2O3/c1-17-6-4-13-22(17)14-5-15-26-19-10-8-18(9-11-19)20(24)16-23-12-3-2-7-21(23)25/h8-11,17H,2-7,12-16H2,1H3/t17-/m1/s1. The van der Waals surface area contributed by atoms with Crippen LogP contribution in [0, 0.1) is 0 Å². The molecular formula is C21H30N2O3. The smallest absolute Gasteiger partial charge is 0.222 e. The van der Waals surface area contributed by atoms with Gasteiger partial charge in [-0.1, -0.05) is 0 Å². The zero-order valence-corrected chi connectivity index (χ0v) is 15.8. The van der Waals surface area contributed by atoms with Crippen LogP contribution in [0.4, 0.5) is 0 Å². The van der Waals surface area contributed by atoms with Gasteiger partial charge in [-0.3, -0.25) is 9.59 Å². The second kappa shape index (κ2) is 9.17. The highest BCUT2D eigenvalue weighted by Gasteiger charge is 2.21. The molecule has 0 bridgehead atoms. The maximum atomic E-state index is 12.4. The number of piperidine rings is 1. The Kier molecular flexibility index (Phi) is 6.67. The summed E-state index contributed by atoms with van der Waals surface area (Å²) in [5, 5.41) is 0. The molecule has 1 aromatic rings. The highest BCUT2D eigenvalue weighted by atomic mass is 16.5. The average molecular weight is 358 g/mol. The van der Waals surface area contributed by atoms with Crippen LogP contribution in [0.15, 0.2) is 24.3 Å². The van der Waals surface area contributed by atoms with Crippen LogP contribution in [0.1, 0.15) is 55.8 Å². The van der Waals surface area contributed by atoms with E-state index in [0.717, 1.165) is 31.6 Å². The minimum absolute atomic E-state index is 0.00480. The zero-order valence-electron chi connectivity index (χ0n) is 15.8. The maximum absolute atomic E-state index is 12.4. The molecule has 26 heavy (non-hydrogen) atoms. The van der Waals surface area contributed by atoms with Gasteiger partial charge >= 0.3 is 0 Å². The maximum Gasteiger partial charge on any atom is 0.222 e. The minimum atomic E-state index is -0.00480. The highest BCUT2D eigenvalue weighted by molar-refractivity contribution is 5.99. The van der Waals surface area contributed by atoms with E-state index in [9.17, 15) is 9.59 Å². The van der Waals surface area contributed by atoms with Gasteiger partial charge in [0, 0.05) is 31.1 Å². The van der Waals surface area contributed by atoms with E-state index < -0.39 is 0 Å². The van der Waals surface area contributed by atoms with Crippen LogP contribution in [-0.4, -0.2) is 60.3 Å². The summed E-state index contributed by atoms with van der Waals surface area (Å²) >= 11 is 0. The first-order chi connectivity index (χ1) is 12.6. The van der Waals surface area contributed by atoms with Crippen LogP contribution in [0.3, 0.4) is 0 Å². The number of nitrogens with zero attached hydrogens (tertiary/aromatic N) is 2. The quantitative estimate of drug-likeness (QED) is 0.529. The van der Waals surface area contributed by atoms with Crippen LogP contribution < -0.4 is 4.74 Å². The van der Waals surface area contributed by atoms with E-state index in [4.69, 9.17) is 4.74 Å². The Labute approximate surface area is 156 Å². The summed E-state index contributed by atoms with van der Waals surface area (Å²) in [7, 11) is 0. The third-order valence-corrected chi connectivity index (χ3v) is 5.48. The van der Waals surface area contributed by atoms with E-state index in [-0.39, 0.29) is 18.2 Å². The highest BCUT2D eigenvalue weighted by Crippen LogP contribution is 2.18. The van der Waals surface area contributed by atoms with E-state index in [1.165, 1.54) is 19.4 Å². The molecule has 0 radical (unpaired) electrons. The summed E-state index contributed by atoms with van der Waals surface area (Å²) in [5.41, 5.74) is 0.640. The lowest BCUT2D eigenvalue weighted by Gasteiger charge is -2.25. The topological polar surface area (TPSA) is 49.9 Å². The molecule has 1 atom stereocenters. The summed E-state index contributed by atoms with van der Waals surface area (Å²) in [6.45, 7) is 6.16. The van der Waals surface area contributed by atoms with Crippen molar-refractivity contribution in [3.63, 3.8) is 0 Å². The normalized spacial score (nSPS) is 21.2. The molecule has 2 fully saturated rings. The zero-order chi connectivity index (χ0) is 18.4. The summed E-state index contributed by atoms with van der Waals surface area (Å²) in [6, 6.07) is 8.00. The number of carbonyl (C=O) groups is 2. The van der Waals surface area contributed by atoms with E-state index in [2.05, 4.69) is 11.8 Å². The van der Waals surface area contributed by atoms with Crippen molar-refractivity contribution in [2.75, 3.05) is 32.8 Å². The molecule has 142 valence electrons. The van der Waals surface area contributed by atoms with Crippen molar-refractivity contribution in [1.29, 1.82) is 0 Å². The van der Waals surface area contributed by atoms with Gasteiger partial charge in [0.25, 0.3) is 0 Å². The molecule has 2 heterocycles. The van der Waals surface area contributed by atoms with Crippen molar-refractivity contribution in [2.24, 2.45) is 0 Å². The fourth-order valence-electron chi connectivity index (χ4n) is 3.81. The SMILES string of the molecule is C[C@@H]1CCCN1CCCOc1ccc(C(=O)CN2CCCCC2=O)cc1. The Morgan fingerprint density at radius 1 is 1.15 bits per heavy atom. The van der Waals surface area contributed by atoms with Crippen molar-refractivity contribution in [2.45, 2.75) is 51.5 Å². The van der Waals surface area contributed by atoms with Gasteiger partial charge < -0.3 is 14.5 Å². The number of hydrogen-bond donors (Lipinski definition) is 0. The van der Waals surface area contributed by atoms with Gasteiger partial charge in [-0.25, -0.2) is 0 Å². The van der Waals surface area contributed by atoms with Crippen molar-refractivity contribution in [3.05, 3.63) is 29.8 Å². The third kappa shape index (κ3) is 5.07. The predicted molar refractivity (Wildman–Crippen MR) is 102 cm³/mol. The first kappa shape index (κ1) is 18.9. The second-order valence-corrected chi connectivity index (χ2v) is 7.45. The molecule has 5 heteroatoms. The van der Waals surface area contributed by atoms with Crippen molar-refractivity contribution < 1.29 is 14.3 Å².